The minimum absolute atomic E-state index is 0.230. The Hall–Kier alpha value is -3.14. The molecule has 0 radical (unpaired) electrons. The summed E-state index contributed by atoms with van der Waals surface area (Å²) < 4.78 is 1.60. The van der Waals surface area contributed by atoms with Gasteiger partial charge in [-0.25, -0.2) is 9.78 Å². The summed E-state index contributed by atoms with van der Waals surface area (Å²) in [5.74, 6) is 0. The van der Waals surface area contributed by atoms with Crippen LogP contribution in [0.25, 0.3) is 11.2 Å². The van der Waals surface area contributed by atoms with E-state index in [0.717, 1.165) is 5.56 Å². The molecule has 0 bridgehead atoms. The molecule has 0 atom stereocenters. The maximum Gasteiger partial charge on any atom is 0.327 e. The van der Waals surface area contributed by atoms with Gasteiger partial charge in [0.15, 0.2) is 11.2 Å². The molecule has 98 valence electrons. The summed E-state index contributed by atoms with van der Waals surface area (Å²) in [4.78, 5) is 31.6. The SMILES string of the molecule is N#Cc1ccccc1Cn1cnc2[nH]c(=O)[nH]c(=O)c21. The molecule has 20 heavy (non-hydrogen) atoms. The third-order valence-electron chi connectivity index (χ3n) is 2.99. The van der Waals surface area contributed by atoms with Gasteiger partial charge >= 0.3 is 5.69 Å². The first-order chi connectivity index (χ1) is 9.69. The van der Waals surface area contributed by atoms with Gasteiger partial charge in [0.1, 0.15) is 0 Å². The van der Waals surface area contributed by atoms with Crippen LogP contribution in [0.4, 0.5) is 0 Å². The lowest BCUT2D eigenvalue weighted by Gasteiger charge is -2.05. The zero-order valence-electron chi connectivity index (χ0n) is 10.3. The van der Waals surface area contributed by atoms with Crippen LogP contribution in [0, 0.1) is 11.3 Å². The fourth-order valence-corrected chi connectivity index (χ4v) is 2.08. The van der Waals surface area contributed by atoms with Crippen molar-refractivity contribution in [1.29, 1.82) is 5.26 Å². The molecule has 0 aliphatic rings. The minimum Gasteiger partial charge on any atom is -0.320 e. The second-order valence-corrected chi connectivity index (χ2v) is 4.25. The Morgan fingerprint density at radius 3 is 2.85 bits per heavy atom. The highest BCUT2D eigenvalue weighted by molar-refractivity contribution is 5.69. The predicted octanol–water partition coefficient (Wildman–Crippen LogP) is 0.333. The van der Waals surface area contributed by atoms with Crippen LogP contribution in [0.5, 0.6) is 0 Å². The van der Waals surface area contributed by atoms with E-state index >= 15 is 0 Å². The quantitative estimate of drug-likeness (QED) is 0.697. The normalized spacial score (nSPS) is 10.6. The lowest BCUT2D eigenvalue weighted by Crippen LogP contribution is -2.23. The Morgan fingerprint density at radius 2 is 2.05 bits per heavy atom. The number of benzene rings is 1. The van der Waals surface area contributed by atoms with Crippen LogP contribution in [0.1, 0.15) is 11.1 Å². The molecule has 0 unspecified atom stereocenters. The summed E-state index contributed by atoms with van der Waals surface area (Å²) in [5, 5.41) is 9.06. The number of hydrogen-bond donors (Lipinski definition) is 2. The second-order valence-electron chi connectivity index (χ2n) is 4.25. The molecule has 2 N–H and O–H groups in total. The number of H-pyrrole nitrogens is 2. The minimum atomic E-state index is -0.592. The summed E-state index contributed by atoms with van der Waals surface area (Å²) in [6.45, 7) is 0.329. The van der Waals surface area contributed by atoms with Gasteiger partial charge < -0.3 is 4.57 Å². The summed E-state index contributed by atoms with van der Waals surface area (Å²) >= 11 is 0. The average molecular weight is 267 g/mol. The average Bonchev–Trinajstić information content (AvgIpc) is 2.82. The highest BCUT2D eigenvalue weighted by atomic mass is 16.2. The number of nitrogens with zero attached hydrogens (tertiary/aromatic N) is 3. The molecule has 0 spiro atoms. The molecule has 1 aromatic carbocycles. The molecule has 2 heterocycles. The lowest BCUT2D eigenvalue weighted by atomic mass is 10.1. The lowest BCUT2D eigenvalue weighted by molar-refractivity contribution is 0.816. The number of aromatic nitrogens is 4. The van der Waals surface area contributed by atoms with Crippen LogP contribution in [-0.4, -0.2) is 19.5 Å². The van der Waals surface area contributed by atoms with Crippen LogP contribution in [0.15, 0.2) is 40.2 Å². The first kappa shape index (κ1) is 11.9. The predicted molar refractivity (Wildman–Crippen MR) is 71.2 cm³/mol. The van der Waals surface area contributed by atoms with Crippen molar-refractivity contribution in [2.75, 3.05) is 0 Å². The van der Waals surface area contributed by atoms with E-state index in [4.69, 9.17) is 5.26 Å². The molecule has 2 aromatic heterocycles. The third kappa shape index (κ3) is 1.89. The molecule has 3 aromatic rings. The number of nitrogens with one attached hydrogen (secondary N) is 2. The molecular formula is C13H9N5O2. The van der Waals surface area contributed by atoms with Gasteiger partial charge in [-0.05, 0) is 11.6 Å². The molecule has 0 aliphatic carbocycles. The number of nitriles is 1. The van der Waals surface area contributed by atoms with Gasteiger partial charge in [-0.15, -0.1) is 0 Å². The fraction of sp³-hybridized carbons (Fsp3) is 0.0769. The van der Waals surface area contributed by atoms with E-state index in [-0.39, 0.29) is 11.2 Å². The van der Waals surface area contributed by atoms with Crippen molar-refractivity contribution in [2.24, 2.45) is 0 Å². The van der Waals surface area contributed by atoms with E-state index in [9.17, 15) is 9.59 Å². The Kier molecular flexibility index (Phi) is 2.69. The Bertz CT molecular complexity index is 942. The zero-order valence-corrected chi connectivity index (χ0v) is 10.3. The maximum absolute atomic E-state index is 11.8. The van der Waals surface area contributed by atoms with E-state index in [1.807, 2.05) is 12.1 Å². The van der Waals surface area contributed by atoms with Crippen molar-refractivity contribution in [3.05, 3.63) is 62.6 Å². The van der Waals surface area contributed by atoms with Crippen LogP contribution >= 0.6 is 0 Å². The maximum atomic E-state index is 11.8. The van der Waals surface area contributed by atoms with Gasteiger partial charge in [0.05, 0.1) is 24.5 Å². The van der Waals surface area contributed by atoms with E-state index in [1.54, 1.807) is 16.7 Å². The summed E-state index contributed by atoms with van der Waals surface area (Å²) in [6.07, 6.45) is 1.46. The van der Waals surface area contributed by atoms with Crippen molar-refractivity contribution >= 4 is 11.2 Å². The van der Waals surface area contributed by atoms with Crippen molar-refractivity contribution in [3.63, 3.8) is 0 Å². The molecule has 0 aliphatic heterocycles. The standard InChI is InChI=1S/C13H9N5O2/c14-5-8-3-1-2-4-9(8)6-18-7-15-11-10(18)12(19)17-13(20)16-11/h1-4,7H,6H2,(H2,16,17,19,20). The van der Waals surface area contributed by atoms with Crippen LogP contribution in [-0.2, 0) is 6.54 Å². The highest BCUT2D eigenvalue weighted by Gasteiger charge is 2.10. The van der Waals surface area contributed by atoms with Crippen molar-refractivity contribution in [3.8, 4) is 6.07 Å². The smallest absolute Gasteiger partial charge is 0.320 e. The molecule has 7 heteroatoms. The van der Waals surface area contributed by atoms with E-state index in [2.05, 4.69) is 21.0 Å². The number of hydrogen-bond acceptors (Lipinski definition) is 4. The topological polar surface area (TPSA) is 107 Å². The number of aromatic amines is 2. The van der Waals surface area contributed by atoms with E-state index < -0.39 is 11.2 Å². The monoisotopic (exact) mass is 267 g/mol. The third-order valence-corrected chi connectivity index (χ3v) is 2.99. The molecule has 3 rings (SSSR count). The Morgan fingerprint density at radius 1 is 1.25 bits per heavy atom. The summed E-state index contributed by atoms with van der Waals surface area (Å²) in [6, 6.07) is 9.22. The van der Waals surface area contributed by atoms with Gasteiger partial charge in [-0.2, -0.15) is 5.26 Å². The van der Waals surface area contributed by atoms with Gasteiger partial charge in [0.2, 0.25) is 0 Å². The van der Waals surface area contributed by atoms with Crippen molar-refractivity contribution in [1.82, 2.24) is 19.5 Å². The van der Waals surface area contributed by atoms with Gasteiger partial charge in [-0.3, -0.25) is 14.8 Å². The molecular weight excluding hydrogens is 258 g/mol. The Balaban J connectivity index is 2.15. The van der Waals surface area contributed by atoms with Crippen LogP contribution in [0.2, 0.25) is 0 Å². The van der Waals surface area contributed by atoms with Gasteiger partial charge in [0.25, 0.3) is 5.56 Å². The molecule has 0 fully saturated rings. The first-order valence-electron chi connectivity index (χ1n) is 5.84. The zero-order chi connectivity index (χ0) is 14.1. The number of imidazole rings is 1. The van der Waals surface area contributed by atoms with E-state index in [0.29, 0.717) is 12.1 Å². The molecule has 0 saturated carbocycles. The summed E-state index contributed by atoms with van der Waals surface area (Å²) in [5.41, 5.74) is 0.724. The van der Waals surface area contributed by atoms with Crippen molar-refractivity contribution < 1.29 is 0 Å². The van der Waals surface area contributed by atoms with Crippen LogP contribution in [0.3, 0.4) is 0 Å². The van der Waals surface area contributed by atoms with Gasteiger partial charge in [-0.1, -0.05) is 18.2 Å². The molecule has 0 amide bonds. The number of rotatable bonds is 2. The van der Waals surface area contributed by atoms with Gasteiger partial charge in [0, 0.05) is 0 Å². The number of fused-ring (bicyclic) bond motifs is 1. The highest BCUT2D eigenvalue weighted by Crippen LogP contribution is 2.12. The molecule has 7 nitrogen and oxygen atoms in total. The first-order valence-corrected chi connectivity index (χ1v) is 5.84. The fourth-order valence-electron chi connectivity index (χ4n) is 2.08. The van der Waals surface area contributed by atoms with E-state index in [1.165, 1.54) is 6.33 Å². The summed E-state index contributed by atoms with van der Waals surface area (Å²) in [7, 11) is 0. The van der Waals surface area contributed by atoms with Crippen LogP contribution < -0.4 is 11.2 Å². The second kappa shape index (κ2) is 4.51. The largest absolute Gasteiger partial charge is 0.327 e. The molecule has 0 saturated heterocycles. The van der Waals surface area contributed by atoms with Crippen molar-refractivity contribution in [2.45, 2.75) is 6.54 Å². The Labute approximate surface area is 112 Å².